The van der Waals surface area contributed by atoms with E-state index in [-0.39, 0.29) is 0 Å². The molecule has 1 atom stereocenters. The van der Waals surface area contributed by atoms with Crippen LogP contribution >= 0.6 is 0 Å². The Morgan fingerprint density at radius 3 is 1.71 bits per heavy atom. The summed E-state index contributed by atoms with van der Waals surface area (Å²) in [5.74, 6) is 0.727. The average molecular weight is 215 g/mol. The molecule has 0 heterocycles. The molecule has 1 nitrogen and oxygen atoms in total. The molecule has 0 saturated heterocycles. The van der Waals surface area contributed by atoms with Gasteiger partial charge in [-0.3, -0.25) is 0 Å². The molecular weight excluding hydrogens is 186 g/mol. The van der Waals surface area contributed by atoms with E-state index in [0.29, 0.717) is 10.6 Å². The number of hydrogen-bond donors (Lipinski definition) is 0. The number of rotatable bonds is 5. The van der Waals surface area contributed by atoms with Crippen LogP contribution in [-0.4, -0.2) is 34.8 Å². The second-order valence-electron chi connectivity index (χ2n) is 5.97. The Bertz CT molecular complexity index is 160. The molecule has 0 aliphatic heterocycles. The van der Waals surface area contributed by atoms with Crippen molar-refractivity contribution in [3.63, 3.8) is 0 Å². The van der Waals surface area contributed by atoms with Gasteiger partial charge in [0.15, 0.2) is 0 Å². The van der Waals surface area contributed by atoms with Gasteiger partial charge in [0.25, 0.3) is 0 Å². The van der Waals surface area contributed by atoms with Crippen LogP contribution in [0.1, 0.15) is 47.5 Å². The third-order valence-corrected chi connectivity index (χ3v) is 4.55. The van der Waals surface area contributed by atoms with E-state index in [0.717, 1.165) is 5.92 Å². The highest BCUT2D eigenvalue weighted by molar-refractivity contribution is 6.15. The van der Waals surface area contributed by atoms with Crippen LogP contribution in [0.5, 0.6) is 0 Å². The Morgan fingerprint density at radius 2 is 1.64 bits per heavy atom. The fourth-order valence-corrected chi connectivity index (χ4v) is 4.60. The molecule has 14 heavy (non-hydrogen) atoms. The van der Waals surface area contributed by atoms with Gasteiger partial charge in [-0.25, -0.2) is 0 Å². The Hall–Kier alpha value is 0.177. The van der Waals surface area contributed by atoms with Crippen LogP contribution < -0.4 is 0 Å². The van der Waals surface area contributed by atoms with Gasteiger partial charge in [0.05, 0.1) is 0 Å². The highest BCUT2D eigenvalue weighted by atomic mass is 28.1. The molecule has 0 spiro atoms. The van der Waals surface area contributed by atoms with Crippen LogP contribution in [0.2, 0.25) is 5.04 Å². The molecule has 0 rings (SSSR count). The molecular formula is C12H29NSi. The van der Waals surface area contributed by atoms with E-state index in [1.165, 1.54) is 23.1 Å². The minimum Gasteiger partial charge on any atom is -0.303 e. The summed E-state index contributed by atoms with van der Waals surface area (Å²) in [5, 5.41) is 0.473. The number of nitrogens with zero attached hydrogens (tertiary/aromatic N) is 1. The average Bonchev–Trinajstić information content (AvgIpc) is 1.95. The molecule has 0 saturated carbocycles. The Morgan fingerprint density at radius 1 is 1.21 bits per heavy atom. The second kappa shape index (κ2) is 4.80. The highest BCUT2D eigenvalue weighted by Gasteiger charge is 2.45. The fourth-order valence-electron chi connectivity index (χ4n) is 3.32. The van der Waals surface area contributed by atoms with E-state index < -0.39 is 0 Å². The zero-order chi connectivity index (χ0) is 11.6. The monoisotopic (exact) mass is 215 g/mol. The minimum absolute atomic E-state index is 0.383. The molecule has 0 bridgehead atoms. The van der Waals surface area contributed by atoms with Gasteiger partial charge in [-0.1, -0.05) is 41.0 Å². The second-order valence-corrected chi connectivity index (χ2v) is 8.47. The molecule has 1 unspecified atom stereocenters. The summed E-state index contributed by atoms with van der Waals surface area (Å²) in [7, 11) is 5.74. The van der Waals surface area contributed by atoms with Gasteiger partial charge in [0.2, 0.25) is 0 Å². The van der Waals surface area contributed by atoms with Crippen molar-refractivity contribution < 1.29 is 0 Å². The molecule has 0 amide bonds. The smallest absolute Gasteiger partial charge is 0.0244 e. The summed E-state index contributed by atoms with van der Waals surface area (Å²) in [6.07, 6.45) is 2.59. The largest absolute Gasteiger partial charge is 0.303 e. The van der Waals surface area contributed by atoms with Crippen molar-refractivity contribution in [3.8, 4) is 0 Å². The van der Waals surface area contributed by atoms with Crippen LogP contribution in [0.4, 0.5) is 0 Å². The predicted octanol–water partition coefficient (Wildman–Crippen LogP) is 2.31. The summed E-state index contributed by atoms with van der Waals surface area (Å²) in [4.78, 5) is 2.47. The van der Waals surface area contributed by atoms with E-state index in [4.69, 9.17) is 0 Å². The van der Waals surface area contributed by atoms with Crippen molar-refractivity contribution in [3.05, 3.63) is 0 Å². The molecule has 86 valence electrons. The first-order valence-electron chi connectivity index (χ1n) is 5.87. The zero-order valence-electron chi connectivity index (χ0n) is 11.4. The van der Waals surface area contributed by atoms with E-state index in [1.54, 1.807) is 0 Å². The van der Waals surface area contributed by atoms with Gasteiger partial charge >= 0.3 is 0 Å². The zero-order valence-corrected chi connectivity index (χ0v) is 13.4. The van der Waals surface area contributed by atoms with Gasteiger partial charge in [-0.15, -0.1) is 0 Å². The fraction of sp³-hybridized carbons (Fsp3) is 1.00. The van der Waals surface area contributed by atoms with Crippen LogP contribution in [0.25, 0.3) is 0 Å². The Labute approximate surface area is 93.7 Å². The summed E-state index contributed by atoms with van der Waals surface area (Å²) >= 11 is 0. The third-order valence-electron chi connectivity index (χ3n) is 3.68. The van der Waals surface area contributed by atoms with Gasteiger partial charge in [0.1, 0.15) is 0 Å². The number of hydrogen-bond acceptors (Lipinski definition) is 1. The summed E-state index contributed by atoms with van der Waals surface area (Å²) < 4.78 is 0. The lowest BCUT2D eigenvalue weighted by Gasteiger charge is -2.53. The molecule has 0 N–H and O–H groups in total. The van der Waals surface area contributed by atoms with Gasteiger partial charge < -0.3 is 4.90 Å². The van der Waals surface area contributed by atoms with Crippen molar-refractivity contribution in [1.29, 1.82) is 0 Å². The first kappa shape index (κ1) is 14.2. The van der Waals surface area contributed by atoms with E-state index in [1.807, 2.05) is 0 Å². The van der Waals surface area contributed by atoms with E-state index in [9.17, 15) is 0 Å². The summed E-state index contributed by atoms with van der Waals surface area (Å²) in [5.41, 5.74) is 0.383. The normalized spacial score (nSPS) is 17.8. The lowest BCUT2D eigenvalue weighted by Crippen LogP contribution is -2.55. The van der Waals surface area contributed by atoms with Gasteiger partial charge in [0, 0.05) is 15.8 Å². The van der Waals surface area contributed by atoms with Gasteiger partial charge in [-0.2, -0.15) is 0 Å². The lowest BCUT2D eigenvalue weighted by molar-refractivity contribution is 0.0445. The SMILES string of the molecule is CCCC(C(C)C)(N(C)C)C(C)(C)[SiH3]. The summed E-state index contributed by atoms with van der Waals surface area (Å²) in [6.45, 7) is 11.9. The Kier molecular flexibility index (Phi) is 4.86. The first-order chi connectivity index (χ1) is 6.20. The molecule has 0 radical (unpaired) electrons. The predicted molar refractivity (Wildman–Crippen MR) is 70.1 cm³/mol. The van der Waals surface area contributed by atoms with Crippen LogP contribution in [0, 0.1) is 5.92 Å². The first-order valence-corrected chi connectivity index (χ1v) is 6.87. The molecule has 0 aliphatic rings. The molecule has 0 aliphatic carbocycles. The third kappa shape index (κ3) is 2.40. The Balaban J connectivity index is 5.16. The topological polar surface area (TPSA) is 3.24 Å². The molecule has 0 aromatic heterocycles. The van der Waals surface area contributed by atoms with Crippen LogP contribution in [0.3, 0.4) is 0 Å². The molecule has 0 fully saturated rings. The van der Waals surface area contributed by atoms with Gasteiger partial charge in [-0.05, 0) is 31.5 Å². The minimum atomic E-state index is 0.383. The van der Waals surface area contributed by atoms with Crippen molar-refractivity contribution in [2.75, 3.05) is 14.1 Å². The standard InChI is InChI=1S/C12H29NSi/c1-8-9-12(10(2)3,13(6)7)11(4,5)14/h10H,8-9H2,1-7,14H3. The van der Waals surface area contributed by atoms with Crippen LogP contribution in [-0.2, 0) is 0 Å². The highest BCUT2D eigenvalue weighted by Crippen LogP contribution is 2.46. The van der Waals surface area contributed by atoms with Crippen molar-refractivity contribution in [2.45, 2.75) is 58.0 Å². The van der Waals surface area contributed by atoms with E-state index in [2.05, 4.69) is 53.6 Å². The molecule has 2 heteroatoms. The quantitative estimate of drug-likeness (QED) is 0.636. The maximum atomic E-state index is 2.47. The maximum absolute atomic E-state index is 2.47. The lowest BCUT2D eigenvalue weighted by atomic mass is 9.72. The molecule has 0 aromatic rings. The van der Waals surface area contributed by atoms with Crippen molar-refractivity contribution >= 4 is 10.2 Å². The van der Waals surface area contributed by atoms with E-state index >= 15 is 0 Å². The van der Waals surface area contributed by atoms with Crippen LogP contribution in [0.15, 0.2) is 0 Å². The molecule has 0 aromatic carbocycles. The maximum Gasteiger partial charge on any atom is 0.0244 e. The summed E-state index contributed by atoms with van der Waals surface area (Å²) in [6, 6.07) is 0. The van der Waals surface area contributed by atoms with Crippen molar-refractivity contribution in [1.82, 2.24) is 4.90 Å². The van der Waals surface area contributed by atoms with Crippen molar-refractivity contribution in [2.24, 2.45) is 5.92 Å².